The van der Waals surface area contributed by atoms with Gasteiger partial charge in [0.2, 0.25) is 5.91 Å². The summed E-state index contributed by atoms with van der Waals surface area (Å²) >= 11 is 0. The number of esters is 2. The molecule has 0 bridgehead atoms. The summed E-state index contributed by atoms with van der Waals surface area (Å²) in [5.41, 5.74) is -0.552. The molecule has 0 aromatic heterocycles. The van der Waals surface area contributed by atoms with Crippen LogP contribution in [0.3, 0.4) is 0 Å². The molecule has 2 unspecified atom stereocenters. The minimum absolute atomic E-state index is 0.0619. The van der Waals surface area contributed by atoms with E-state index in [1.54, 1.807) is 27.7 Å². The lowest BCUT2D eigenvalue weighted by molar-refractivity contribution is -0.255. The number of carbonyl (C=O) groups is 3. The first kappa shape index (κ1) is 26.3. The molecule has 10 heteroatoms. The van der Waals surface area contributed by atoms with Gasteiger partial charge in [-0.25, -0.2) is 0 Å². The van der Waals surface area contributed by atoms with Gasteiger partial charge in [0.05, 0.1) is 0 Å². The van der Waals surface area contributed by atoms with Gasteiger partial charge in [0.1, 0.15) is 36.6 Å². The van der Waals surface area contributed by atoms with Crippen molar-refractivity contribution in [1.82, 2.24) is 5.32 Å². The molecule has 0 saturated carbocycles. The second kappa shape index (κ2) is 12.2. The van der Waals surface area contributed by atoms with E-state index in [2.05, 4.69) is 5.32 Å². The van der Waals surface area contributed by atoms with Crippen LogP contribution in [0, 0.1) is 0 Å². The zero-order valence-corrected chi connectivity index (χ0v) is 18.1. The number of nitrogens with one attached hydrogen (secondary N) is 1. The summed E-state index contributed by atoms with van der Waals surface area (Å²) in [4.78, 5) is 35.1. The van der Waals surface area contributed by atoms with E-state index in [0.717, 1.165) is 0 Å². The fraction of sp³-hybridized carbons (Fsp3) is 0.850. The topological polar surface area (TPSA) is 152 Å². The molecule has 1 saturated heterocycles. The van der Waals surface area contributed by atoms with E-state index in [1.807, 2.05) is 0 Å². The average Bonchev–Trinajstić information content (AvgIpc) is 2.63. The van der Waals surface area contributed by atoms with Crippen LogP contribution < -0.4 is 5.32 Å². The molecule has 1 amide bonds. The highest BCUT2D eigenvalue weighted by molar-refractivity contribution is 5.76. The molecule has 10 nitrogen and oxygen atoms in total. The Hall–Kier alpha value is -1.75. The van der Waals surface area contributed by atoms with E-state index in [1.165, 1.54) is 0 Å². The van der Waals surface area contributed by atoms with Crippen LogP contribution in [0.25, 0.3) is 0 Å². The summed E-state index contributed by atoms with van der Waals surface area (Å²) in [6.07, 6.45) is -3.70. The Labute approximate surface area is 176 Å². The summed E-state index contributed by atoms with van der Waals surface area (Å²) < 4.78 is 15.4. The van der Waals surface area contributed by atoms with E-state index in [-0.39, 0.29) is 37.7 Å². The molecule has 0 radical (unpaired) electrons. The SMILES string of the molecule is CCCC(=O)N[C@H]1C(O)O[C@H](COC(=O)CCCCC(=O)OC(C)(C)C)[C@@H](O)C1O. The normalized spacial score (nSPS) is 26.7. The largest absolute Gasteiger partial charge is 0.463 e. The van der Waals surface area contributed by atoms with Gasteiger partial charge >= 0.3 is 11.9 Å². The minimum atomic E-state index is -1.55. The van der Waals surface area contributed by atoms with Crippen molar-refractivity contribution in [3.63, 3.8) is 0 Å². The second-order valence-corrected chi connectivity index (χ2v) is 8.37. The van der Waals surface area contributed by atoms with E-state index in [9.17, 15) is 29.7 Å². The molecule has 1 aliphatic rings. The lowest BCUT2D eigenvalue weighted by atomic mass is 9.97. The molecule has 30 heavy (non-hydrogen) atoms. The van der Waals surface area contributed by atoms with Gasteiger partial charge < -0.3 is 34.8 Å². The minimum Gasteiger partial charge on any atom is -0.463 e. The fourth-order valence-corrected chi connectivity index (χ4v) is 2.90. The Balaban J connectivity index is 2.34. The Morgan fingerprint density at radius 3 is 2.13 bits per heavy atom. The predicted molar refractivity (Wildman–Crippen MR) is 105 cm³/mol. The van der Waals surface area contributed by atoms with E-state index >= 15 is 0 Å². The molecule has 174 valence electrons. The highest BCUT2D eigenvalue weighted by Gasteiger charge is 2.44. The molecular formula is C20H35NO9. The van der Waals surface area contributed by atoms with E-state index in [0.29, 0.717) is 19.3 Å². The fourth-order valence-electron chi connectivity index (χ4n) is 2.90. The van der Waals surface area contributed by atoms with Crippen molar-refractivity contribution < 1.29 is 43.9 Å². The lowest BCUT2D eigenvalue weighted by Crippen LogP contribution is -2.64. The summed E-state index contributed by atoms with van der Waals surface area (Å²) in [6.45, 7) is 6.77. The zero-order chi connectivity index (χ0) is 22.9. The summed E-state index contributed by atoms with van der Waals surface area (Å²) in [7, 11) is 0. The monoisotopic (exact) mass is 433 g/mol. The summed E-state index contributed by atoms with van der Waals surface area (Å²) in [5, 5.41) is 32.8. The molecule has 4 N–H and O–H groups in total. The molecule has 0 aliphatic carbocycles. The first-order valence-electron chi connectivity index (χ1n) is 10.3. The Morgan fingerprint density at radius 2 is 1.57 bits per heavy atom. The number of aliphatic hydroxyl groups is 3. The maximum atomic E-state index is 11.9. The van der Waals surface area contributed by atoms with Gasteiger partial charge in [-0.1, -0.05) is 6.92 Å². The number of hydrogen-bond donors (Lipinski definition) is 4. The molecule has 0 aromatic carbocycles. The van der Waals surface area contributed by atoms with E-state index < -0.39 is 42.2 Å². The van der Waals surface area contributed by atoms with Crippen LogP contribution in [-0.4, -0.2) is 76.0 Å². The zero-order valence-electron chi connectivity index (χ0n) is 18.1. The molecule has 1 rings (SSSR count). The molecular weight excluding hydrogens is 398 g/mol. The van der Waals surface area contributed by atoms with Gasteiger partial charge in [-0.15, -0.1) is 0 Å². The standard InChI is InChI=1S/C20H35NO9/c1-5-8-13(22)21-16-18(26)17(25)12(29-19(16)27)11-28-14(23)9-6-7-10-15(24)30-20(2,3)4/h12,16-19,25-27H,5-11H2,1-4H3,(H,21,22)/t12-,16-,17-,18?,19?/m1/s1. The van der Waals surface area contributed by atoms with Crippen molar-refractivity contribution in [3.05, 3.63) is 0 Å². The van der Waals surface area contributed by atoms with Gasteiger partial charge in [0.15, 0.2) is 6.29 Å². The first-order valence-corrected chi connectivity index (χ1v) is 10.3. The van der Waals surface area contributed by atoms with Gasteiger partial charge in [0, 0.05) is 19.3 Å². The van der Waals surface area contributed by atoms with Crippen LogP contribution in [0.2, 0.25) is 0 Å². The highest BCUT2D eigenvalue weighted by atomic mass is 16.6. The van der Waals surface area contributed by atoms with Gasteiger partial charge in [-0.2, -0.15) is 0 Å². The third-order valence-electron chi connectivity index (χ3n) is 4.37. The smallest absolute Gasteiger partial charge is 0.306 e. The van der Waals surface area contributed by atoms with Crippen LogP contribution >= 0.6 is 0 Å². The number of carbonyl (C=O) groups excluding carboxylic acids is 3. The van der Waals surface area contributed by atoms with Crippen LogP contribution in [-0.2, 0) is 28.6 Å². The van der Waals surface area contributed by atoms with Gasteiger partial charge in [0.25, 0.3) is 0 Å². The number of rotatable bonds is 10. The van der Waals surface area contributed by atoms with Gasteiger partial charge in [-0.3, -0.25) is 14.4 Å². The molecule has 0 spiro atoms. The van der Waals surface area contributed by atoms with E-state index in [4.69, 9.17) is 14.2 Å². The number of unbranched alkanes of at least 4 members (excludes halogenated alkanes) is 1. The third kappa shape index (κ3) is 9.38. The van der Waals surface area contributed by atoms with Gasteiger partial charge in [-0.05, 0) is 40.0 Å². The Morgan fingerprint density at radius 1 is 0.967 bits per heavy atom. The summed E-state index contributed by atoms with van der Waals surface area (Å²) in [5.74, 6) is -1.27. The maximum Gasteiger partial charge on any atom is 0.306 e. The summed E-state index contributed by atoms with van der Waals surface area (Å²) in [6, 6.07) is -1.18. The predicted octanol–water partition coefficient (Wildman–Crippen LogP) is 0.156. The van der Waals surface area contributed by atoms with Crippen molar-refractivity contribution in [2.45, 2.75) is 102 Å². The first-order chi connectivity index (χ1) is 13.9. The number of amides is 1. The highest BCUT2D eigenvalue weighted by Crippen LogP contribution is 2.21. The van der Waals surface area contributed by atoms with Crippen molar-refractivity contribution in [1.29, 1.82) is 0 Å². The maximum absolute atomic E-state index is 11.9. The van der Waals surface area contributed by atoms with Crippen molar-refractivity contribution in [2.24, 2.45) is 0 Å². The second-order valence-electron chi connectivity index (χ2n) is 8.37. The lowest BCUT2D eigenvalue weighted by Gasteiger charge is -2.40. The average molecular weight is 433 g/mol. The van der Waals surface area contributed by atoms with Crippen LogP contribution in [0.1, 0.15) is 66.2 Å². The third-order valence-corrected chi connectivity index (χ3v) is 4.37. The van der Waals surface area contributed by atoms with Crippen molar-refractivity contribution in [2.75, 3.05) is 6.61 Å². The Bertz CT molecular complexity index is 575. The van der Waals surface area contributed by atoms with Crippen molar-refractivity contribution >= 4 is 17.8 Å². The number of hydrogen-bond acceptors (Lipinski definition) is 9. The van der Waals surface area contributed by atoms with Crippen LogP contribution in [0.4, 0.5) is 0 Å². The number of aliphatic hydroxyl groups excluding tert-OH is 3. The number of ether oxygens (including phenoxy) is 3. The Kier molecular flexibility index (Phi) is 10.7. The molecule has 1 aliphatic heterocycles. The quantitative estimate of drug-likeness (QED) is 0.279. The van der Waals surface area contributed by atoms with Crippen LogP contribution in [0.5, 0.6) is 0 Å². The van der Waals surface area contributed by atoms with Crippen LogP contribution in [0.15, 0.2) is 0 Å². The van der Waals surface area contributed by atoms with Crippen molar-refractivity contribution in [3.8, 4) is 0 Å². The molecule has 5 atom stereocenters. The molecule has 1 heterocycles. The molecule has 0 aromatic rings. The molecule has 1 fully saturated rings.